The lowest BCUT2D eigenvalue weighted by Crippen LogP contribution is -2.25. The van der Waals surface area contributed by atoms with Gasteiger partial charge in [-0.3, -0.25) is 9.59 Å². The number of hydrogen-bond acceptors (Lipinski definition) is 3. The first-order chi connectivity index (χ1) is 11.5. The smallest absolute Gasteiger partial charge is 0.234 e. The molecule has 6 heteroatoms. The van der Waals surface area contributed by atoms with Crippen LogP contribution >= 0.6 is 23.4 Å². The molecule has 2 aromatic carbocycles. The van der Waals surface area contributed by atoms with E-state index in [0.717, 1.165) is 16.8 Å². The first kappa shape index (κ1) is 18.4. The summed E-state index contributed by atoms with van der Waals surface area (Å²) in [4.78, 5) is 23.6. The summed E-state index contributed by atoms with van der Waals surface area (Å²) in [6.45, 7) is 2.39. The van der Waals surface area contributed by atoms with E-state index in [1.165, 1.54) is 11.8 Å². The molecule has 0 radical (unpaired) electrons. The van der Waals surface area contributed by atoms with Crippen LogP contribution in [0.15, 0.2) is 48.5 Å². The Balaban J connectivity index is 1.66. The SMILES string of the molecule is Cc1cccc(NC(=O)CSCC(=O)NCc2cccc(Cl)c2)c1. The van der Waals surface area contributed by atoms with Crippen molar-refractivity contribution in [2.45, 2.75) is 13.5 Å². The summed E-state index contributed by atoms with van der Waals surface area (Å²) in [6.07, 6.45) is 0. The zero-order valence-corrected chi connectivity index (χ0v) is 14.9. The molecular formula is C18H19ClN2O2S. The Kier molecular flexibility index (Phi) is 7.15. The lowest BCUT2D eigenvalue weighted by Gasteiger charge is -2.07. The van der Waals surface area contributed by atoms with E-state index in [1.807, 2.05) is 49.4 Å². The quantitative estimate of drug-likeness (QED) is 0.790. The average molecular weight is 363 g/mol. The van der Waals surface area contributed by atoms with Crippen LogP contribution in [0.4, 0.5) is 5.69 Å². The van der Waals surface area contributed by atoms with Gasteiger partial charge in [0.1, 0.15) is 0 Å². The number of hydrogen-bond donors (Lipinski definition) is 2. The van der Waals surface area contributed by atoms with Crippen molar-refractivity contribution in [3.63, 3.8) is 0 Å². The summed E-state index contributed by atoms with van der Waals surface area (Å²) in [5.74, 6) is 0.247. The zero-order chi connectivity index (χ0) is 17.4. The lowest BCUT2D eigenvalue weighted by molar-refractivity contribution is -0.118. The van der Waals surface area contributed by atoms with E-state index in [1.54, 1.807) is 6.07 Å². The van der Waals surface area contributed by atoms with Gasteiger partial charge in [0, 0.05) is 17.3 Å². The van der Waals surface area contributed by atoms with Gasteiger partial charge in [-0.1, -0.05) is 35.9 Å². The van der Waals surface area contributed by atoms with Crippen LogP contribution in [0.3, 0.4) is 0 Å². The molecule has 0 aromatic heterocycles. The van der Waals surface area contributed by atoms with Crippen LogP contribution in [-0.4, -0.2) is 23.3 Å². The summed E-state index contributed by atoms with van der Waals surface area (Å²) in [5.41, 5.74) is 2.80. The molecule has 0 saturated carbocycles. The van der Waals surface area contributed by atoms with Gasteiger partial charge in [-0.2, -0.15) is 0 Å². The summed E-state index contributed by atoms with van der Waals surface area (Å²) < 4.78 is 0. The highest BCUT2D eigenvalue weighted by Crippen LogP contribution is 2.11. The van der Waals surface area contributed by atoms with Crippen LogP contribution in [0.2, 0.25) is 5.02 Å². The van der Waals surface area contributed by atoms with Crippen LogP contribution in [0.25, 0.3) is 0 Å². The predicted molar refractivity (Wildman–Crippen MR) is 100 cm³/mol. The first-order valence-electron chi connectivity index (χ1n) is 7.48. The molecule has 0 bridgehead atoms. The van der Waals surface area contributed by atoms with Crippen molar-refractivity contribution in [1.82, 2.24) is 5.32 Å². The second kappa shape index (κ2) is 9.35. The van der Waals surface area contributed by atoms with Crippen molar-refractivity contribution < 1.29 is 9.59 Å². The monoisotopic (exact) mass is 362 g/mol. The summed E-state index contributed by atoms with van der Waals surface area (Å²) in [5, 5.41) is 6.26. The van der Waals surface area contributed by atoms with Crippen molar-refractivity contribution in [3.05, 3.63) is 64.7 Å². The number of anilines is 1. The van der Waals surface area contributed by atoms with Gasteiger partial charge in [-0.05, 0) is 42.3 Å². The summed E-state index contributed by atoms with van der Waals surface area (Å²) in [6, 6.07) is 14.9. The van der Waals surface area contributed by atoms with Crippen molar-refractivity contribution in [2.24, 2.45) is 0 Å². The van der Waals surface area contributed by atoms with E-state index >= 15 is 0 Å². The minimum atomic E-state index is -0.117. The predicted octanol–water partition coefficient (Wildman–Crippen LogP) is 3.64. The number of aryl methyl sites for hydroxylation is 1. The normalized spacial score (nSPS) is 10.2. The zero-order valence-electron chi connectivity index (χ0n) is 13.3. The molecule has 0 atom stereocenters. The maximum Gasteiger partial charge on any atom is 0.234 e. The molecule has 2 aromatic rings. The van der Waals surface area contributed by atoms with Crippen LogP contribution < -0.4 is 10.6 Å². The van der Waals surface area contributed by atoms with Gasteiger partial charge in [0.2, 0.25) is 11.8 Å². The number of thioether (sulfide) groups is 1. The fraction of sp³-hybridized carbons (Fsp3) is 0.222. The Hall–Kier alpha value is -1.98. The van der Waals surface area contributed by atoms with E-state index in [4.69, 9.17) is 11.6 Å². The van der Waals surface area contributed by atoms with Crippen LogP contribution in [0, 0.1) is 6.92 Å². The van der Waals surface area contributed by atoms with Crippen LogP contribution in [0.1, 0.15) is 11.1 Å². The Labute approximate surface area is 151 Å². The molecule has 0 aliphatic carbocycles. The molecule has 24 heavy (non-hydrogen) atoms. The van der Waals surface area contributed by atoms with Gasteiger partial charge >= 0.3 is 0 Å². The Bertz CT molecular complexity index is 722. The number of carbonyl (C=O) groups is 2. The second-order valence-electron chi connectivity index (χ2n) is 5.32. The van der Waals surface area contributed by atoms with Gasteiger partial charge in [0.15, 0.2) is 0 Å². The lowest BCUT2D eigenvalue weighted by atomic mass is 10.2. The van der Waals surface area contributed by atoms with Gasteiger partial charge in [-0.25, -0.2) is 0 Å². The third kappa shape index (κ3) is 6.64. The molecule has 0 saturated heterocycles. The third-order valence-corrected chi connectivity index (χ3v) is 4.31. The molecule has 0 aliphatic rings. The van der Waals surface area contributed by atoms with E-state index in [2.05, 4.69) is 10.6 Å². The topological polar surface area (TPSA) is 58.2 Å². The van der Waals surface area contributed by atoms with Gasteiger partial charge < -0.3 is 10.6 Å². The van der Waals surface area contributed by atoms with Crippen molar-refractivity contribution in [1.29, 1.82) is 0 Å². The fourth-order valence-corrected chi connectivity index (χ4v) is 2.91. The van der Waals surface area contributed by atoms with Crippen molar-refractivity contribution in [2.75, 3.05) is 16.8 Å². The molecule has 0 heterocycles. The van der Waals surface area contributed by atoms with Gasteiger partial charge in [0.05, 0.1) is 11.5 Å². The minimum Gasteiger partial charge on any atom is -0.351 e. The molecule has 0 aliphatic heterocycles. The Morgan fingerprint density at radius 3 is 2.54 bits per heavy atom. The Morgan fingerprint density at radius 1 is 1.04 bits per heavy atom. The number of benzene rings is 2. The molecule has 0 spiro atoms. The molecular weight excluding hydrogens is 344 g/mol. The summed E-state index contributed by atoms with van der Waals surface area (Å²) in [7, 11) is 0. The highest BCUT2D eigenvalue weighted by molar-refractivity contribution is 8.00. The minimum absolute atomic E-state index is 0.108. The molecule has 2 rings (SSSR count). The maximum atomic E-state index is 11.8. The highest BCUT2D eigenvalue weighted by atomic mass is 35.5. The van der Waals surface area contributed by atoms with E-state index in [-0.39, 0.29) is 23.3 Å². The molecule has 4 nitrogen and oxygen atoms in total. The first-order valence-corrected chi connectivity index (χ1v) is 9.01. The van der Waals surface area contributed by atoms with Crippen molar-refractivity contribution in [3.8, 4) is 0 Å². The van der Waals surface area contributed by atoms with Gasteiger partial charge in [-0.15, -0.1) is 11.8 Å². The number of carbonyl (C=O) groups excluding carboxylic acids is 2. The van der Waals surface area contributed by atoms with E-state index in [9.17, 15) is 9.59 Å². The standard InChI is InChI=1S/C18H19ClN2O2S/c1-13-4-2-7-16(8-13)21-18(23)12-24-11-17(22)20-10-14-5-3-6-15(19)9-14/h2-9H,10-12H2,1H3,(H,20,22)(H,21,23). The maximum absolute atomic E-state index is 11.8. The Morgan fingerprint density at radius 2 is 1.79 bits per heavy atom. The molecule has 0 fully saturated rings. The highest BCUT2D eigenvalue weighted by Gasteiger charge is 2.06. The largest absolute Gasteiger partial charge is 0.351 e. The number of amides is 2. The third-order valence-electron chi connectivity index (χ3n) is 3.15. The number of halogens is 1. The molecule has 2 amide bonds. The van der Waals surface area contributed by atoms with Gasteiger partial charge in [0.25, 0.3) is 0 Å². The van der Waals surface area contributed by atoms with Crippen molar-refractivity contribution >= 4 is 40.9 Å². The molecule has 126 valence electrons. The van der Waals surface area contributed by atoms with Crippen LogP contribution in [-0.2, 0) is 16.1 Å². The number of nitrogens with one attached hydrogen (secondary N) is 2. The second-order valence-corrected chi connectivity index (χ2v) is 6.74. The van der Waals surface area contributed by atoms with Crippen LogP contribution in [0.5, 0.6) is 0 Å². The summed E-state index contributed by atoms with van der Waals surface area (Å²) >= 11 is 7.17. The fourth-order valence-electron chi connectivity index (χ4n) is 2.05. The van der Waals surface area contributed by atoms with E-state index in [0.29, 0.717) is 11.6 Å². The molecule has 0 unspecified atom stereocenters. The van der Waals surface area contributed by atoms with E-state index < -0.39 is 0 Å². The molecule has 2 N–H and O–H groups in total. The average Bonchev–Trinajstić information content (AvgIpc) is 2.53. The number of rotatable bonds is 7.